The number of hydrogen-bond donors (Lipinski definition) is 1. The molecule has 32 heavy (non-hydrogen) atoms. The lowest BCUT2D eigenvalue weighted by Gasteiger charge is -2.07. The van der Waals surface area contributed by atoms with Crippen LogP contribution in [-0.2, 0) is 27.3 Å². The highest BCUT2D eigenvalue weighted by molar-refractivity contribution is 7.18. The van der Waals surface area contributed by atoms with Crippen LogP contribution in [0.15, 0.2) is 60.7 Å². The van der Waals surface area contributed by atoms with E-state index in [2.05, 4.69) is 5.32 Å². The van der Waals surface area contributed by atoms with Gasteiger partial charge in [-0.2, -0.15) is 0 Å². The second-order valence-corrected chi connectivity index (χ2v) is 8.10. The number of hydrogen-bond acceptors (Lipinski definition) is 6. The van der Waals surface area contributed by atoms with E-state index in [4.69, 9.17) is 9.47 Å². The number of rotatable bonds is 9. The fraction of sp³-hybridized carbons (Fsp3) is 0.240. The lowest BCUT2D eigenvalue weighted by atomic mass is 10.1. The van der Waals surface area contributed by atoms with E-state index in [0.29, 0.717) is 17.0 Å². The fourth-order valence-electron chi connectivity index (χ4n) is 3.13. The van der Waals surface area contributed by atoms with Gasteiger partial charge < -0.3 is 14.8 Å². The number of anilines is 1. The quantitative estimate of drug-likeness (QED) is 0.455. The maximum absolute atomic E-state index is 12.7. The summed E-state index contributed by atoms with van der Waals surface area (Å²) in [6.07, 6.45) is 0.814. The zero-order valence-corrected chi connectivity index (χ0v) is 18.9. The number of ether oxygens (including phenoxy) is 2. The average Bonchev–Trinajstić information content (AvgIpc) is 3.13. The normalized spacial score (nSPS) is 10.4. The molecule has 1 heterocycles. The Balaban J connectivity index is 1.75. The van der Waals surface area contributed by atoms with E-state index in [0.717, 1.165) is 22.5 Å². The standard InChI is InChI=1S/C25H25NO5S/c1-3-30-24(28)21-17(2)22(25(29)31-16-19-12-8-5-9-13-19)32-23(21)26-20(27)15-14-18-10-6-4-7-11-18/h4-13H,3,14-16H2,1-2H3,(H,26,27). The van der Waals surface area contributed by atoms with E-state index in [9.17, 15) is 14.4 Å². The minimum atomic E-state index is -0.582. The number of benzene rings is 2. The second-order valence-electron chi connectivity index (χ2n) is 7.08. The summed E-state index contributed by atoms with van der Waals surface area (Å²) in [5.74, 6) is -1.38. The summed E-state index contributed by atoms with van der Waals surface area (Å²) in [7, 11) is 0. The Morgan fingerprint density at radius 3 is 2.12 bits per heavy atom. The number of amides is 1. The van der Waals surface area contributed by atoms with E-state index < -0.39 is 11.9 Å². The first kappa shape index (κ1) is 23.2. The van der Waals surface area contributed by atoms with Crippen LogP contribution in [0.4, 0.5) is 5.00 Å². The zero-order chi connectivity index (χ0) is 22.9. The molecule has 0 bridgehead atoms. The molecule has 6 nitrogen and oxygen atoms in total. The number of carbonyl (C=O) groups excluding carboxylic acids is 3. The highest BCUT2D eigenvalue weighted by Crippen LogP contribution is 2.34. The van der Waals surface area contributed by atoms with E-state index in [1.165, 1.54) is 0 Å². The molecule has 7 heteroatoms. The average molecular weight is 452 g/mol. The summed E-state index contributed by atoms with van der Waals surface area (Å²) >= 11 is 1.03. The van der Waals surface area contributed by atoms with Crippen molar-refractivity contribution in [3.63, 3.8) is 0 Å². The minimum absolute atomic E-state index is 0.116. The summed E-state index contributed by atoms with van der Waals surface area (Å²) in [6.45, 7) is 3.65. The first-order chi connectivity index (χ1) is 15.5. The smallest absolute Gasteiger partial charge is 0.349 e. The van der Waals surface area contributed by atoms with Crippen molar-refractivity contribution in [1.82, 2.24) is 0 Å². The van der Waals surface area contributed by atoms with Crippen LogP contribution in [0.25, 0.3) is 0 Å². The van der Waals surface area contributed by atoms with E-state index in [-0.39, 0.29) is 36.0 Å². The summed E-state index contributed by atoms with van der Waals surface area (Å²) in [6, 6.07) is 19.0. The molecule has 0 saturated carbocycles. The molecular weight excluding hydrogens is 426 g/mol. The Bertz CT molecular complexity index is 1080. The number of esters is 2. The van der Waals surface area contributed by atoms with Crippen LogP contribution in [0, 0.1) is 6.92 Å². The Morgan fingerprint density at radius 1 is 0.875 bits per heavy atom. The van der Waals surface area contributed by atoms with Gasteiger partial charge in [0.25, 0.3) is 0 Å². The van der Waals surface area contributed by atoms with Crippen LogP contribution in [-0.4, -0.2) is 24.5 Å². The van der Waals surface area contributed by atoms with Crippen molar-refractivity contribution in [3.8, 4) is 0 Å². The Kier molecular flexibility index (Phi) is 8.16. The highest BCUT2D eigenvalue weighted by atomic mass is 32.1. The van der Waals surface area contributed by atoms with Gasteiger partial charge in [0.05, 0.1) is 12.2 Å². The van der Waals surface area contributed by atoms with Crippen molar-refractivity contribution in [3.05, 3.63) is 87.8 Å². The number of nitrogens with one attached hydrogen (secondary N) is 1. The first-order valence-electron chi connectivity index (χ1n) is 10.3. The first-order valence-corrected chi connectivity index (χ1v) is 11.2. The van der Waals surface area contributed by atoms with Crippen LogP contribution in [0.3, 0.4) is 0 Å². The number of aryl methyl sites for hydroxylation is 1. The Morgan fingerprint density at radius 2 is 1.50 bits per heavy atom. The topological polar surface area (TPSA) is 81.7 Å². The Labute approximate surface area is 191 Å². The lowest BCUT2D eigenvalue weighted by molar-refractivity contribution is -0.116. The van der Waals surface area contributed by atoms with Crippen LogP contribution in [0.2, 0.25) is 0 Å². The summed E-state index contributed by atoms with van der Waals surface area (Å²) in [4.78, 5) is 38.1. The van der Waals surface area contributed by atoms with Crippen LogP contribution >= 0.6 is 11.3 Å². The van der Waals surface area contributed by atoms with Crippen LogP contribution in [0.5, 0.6) is 0 Å². The molecule has 0 radical (unpaired) electrons. The molecular formula is C25H25NO5S. The van der Waals surface area contributed by atoms with Gasteiger partial charge in [0.1, 0.15) is 16.5 Å². The molecule has 1 aromatic heterocycles. The van der Waals surface area contributed by atoms with Gasteiger partial charge in [-0.05, 0) is 37.0 Å². The van der Waals surface area contributed by atoms with Crippen molar-refractivity contribution in [2.24, 2.45) is 0 Å². The molecule has 0 atom stereocenters. The van der Waals surface area contributed by atoms with Crippen molar-refractivity contribution in [2.75, 3.05) is 11.9 Å². The van der Waals surface area contributed by atoms with Gasteiger partial charge in [-0.3, -0.25) is 4.79 Å². The molecule has 2 aromatic carbocycles. The fourth-order valence-corrected chi connectivity index (χ4v) is 4.23. The molecule has 0 aliphatic heterocycles. The molecule has 0 fully saturated rings. The predicted octanol–water partition coefficient (Wildman–Crippen LogP) is 5.16. The molecule has 0 aliphatic carbocycles. The minimum Gasteiger partial charge on any atom is -0.462 e. The van der Waals surface area contributed by atoms with Gasteiger partial charge in [-0.1, -0.05) is 60.7 Å². The second kappa shape index (κ2) is 11.2. The lowest BCUT2D eigenvalue weighted by Crippen LogP contribution is -2.15. The van der Waals surface area contributed by atoms with Crippen molar-refractivity contribution >= 4 is 34.2 Å². The van der Waals surface area contributed by atoms with Crippen molar-refractivity contribution in [2.45, 2.75) is 33.3 Å². The summed E-state index contributed by atoms with van der Waals surface area (Å²) in [5.41, 5.74) is 2.53. The molecule has 0 unspecified atom stereocenters. The molecule has 1 N–H and O–H groups in total. The van der Waals surface area contributed by atoms with Gasteiger partial charge in [0, 0.05) is 6.42 Å². The van der Waals surface area contributed by atoms with Gasteiger partial charge in [0.2, 0.25) is 5.91 Å². The van der Waals surface area contributed by atoms with Gasteiger partial charge in [0.15, 0.2) is 0 Å². The SMILES string of the molecule is CCOC(=O)c1c(NC(=O)CCc2ccccc2)sc(C(=O)OCc2ccccc2)c1C. The molecule has 0 spiro atoms. The van der Waals surface area contributed by atoms with E-state index in [1.54, 1.807) is 13.8 Å². The Hall–Kier alpha value is -3.45. The molecule has 3 aromatic rings. The molecule has 0 aliphatic rings. The highest BCUT2D eigenvalue weighted by Gasteiger charge is 2.27. The van der Waals surface area contributed by atoms with E-state index >= 15 is 0 Å². The van der Waals surface area contributed by atoms with E-state index in [1.807, 2.05) is 60.7 Å². The van der Waals surface area contributed by atoms with Gasteiger partial charge in [-0.15, -0.1) is 11.3 Å². The monoisotopic (exact) mass is 451 g/mol. The molecule has 0 saturated heterocycles. The summed E-state index contributed by atoms with van der Waals surface area (Å²) in [5, 5.41) is 3.08. The molecule has 166 valence electrons. The van der Waals surface area contributed by atoms with Crippen LogP contribution < -0.4 is 5.32 Å². The number of carbonyl (C=O) groups is 3. The molecule has 1 amide bonds. The van der Waals surface area contributed by atoms with Crippen molar-refractivity contribution in [1.29, 1.82) is 0 Å². The largest absolute Gasteiger partial charge is 0.462 e. The molecule has 3 rings (SSSR count). The van der Waals surface area contributed by atoms with Crippen LogP contribution in [0.1, 0.15) is 50.1 Å². The third-order valence-corrected chi connectivity index (χ3v) is 5.95. The predicted molar refractivity (Wildman–Crippen MR) is 124 cm³/mol. The third-order valence-electron chi connectivity index (χ3n) is 4.76. The van der Waals surface area contributed by atoms with Crippen molar-refractivity contribution < 1.29 is 23.9 Å². The maximum Gasteiger partial charge on any atom is 0.349 e. The summed E-state index contributed by atoms with van der Waals surface area (Å²) < 4.78 is 10.6. The zero-order valence-electron chi connectivity index (χ0n) is 18.1. The van der Waals surface area contributed by atoms with Gasteiger partial charge in [-0.25, -0.2) is 9.59 Å². The van der Waals surface area contributed by atoms with Gasteiger partial charge >= 0.3 is 11.9 Å². The number of thiophene rings is 1. The maximum atomic E-state index is 12.7. The third kappa shape index (κ3) is 6.04.